The largest absolute Gasteiger partial charge is 0.478 e. The van der Waals surface area contributed by atoms with Gasteiger partial charge in [-0.2, -0.15) is 0 Å². The average Bonchev–Trinajstić information content (AvgIpc) is 2.86. The fourth-order valence-electron chi connectivity index (χ4n) is 1.55. The number of nitrogens with one attached hydrogen (secondary N) is 1. The lowest BCUT2D eigenvalue weighted by Gasteiger charge is -2.09. The van der Waals surface area contributed by atoms with Gasteiger partial charge in [0, 0.05) is 6.61 Å². The molecule has 1 fully saturated rings. The van der Waals surface area contributed by atoms with E-state index in [9.17, 15) is 9.59 Å². The Morgan fingerprint density at radius 1 is 1.56 bits per heavy atom. The van der Waals surface area contributed by atoms with Gasteiger partial charge < -0.3 is 15.2 Å². The lowest BCUT2D eigenvalue weighted by molar-refractivity contribution is -0.124. The van der Waals surface area contributed by atoms with Crippen LogP contribution in [0.1, 0.15) is 23.2 Å². The van der Waals surface area contributed by atoms with Crippen molar-refractivity contribution >= 4 is 28.2 Å². The molecule has 2 heterocycles. The summed E-state index contributed by atoms with van der Waals surface area (Å²) in [5.41, 5.74) is 0.122. The number of ether oxygens (including phenoxy) is 1. The van der Waals surface area contributed by atoms with Gasteiger partial charge in [0.05, 0.1) is 5.56 Å². The highest BCUT2D eigenvalue weighted by atomic mass is 32.1. The quantitative estimate of drug-likeness (QED) is 0.842. The van der Waals surface area contributed by atoms with Gasteiger partial charge in [-0.25, -0.2) is 4.79 Å². The van der Waals surface area contributed by atoms with Crippen molar-refractivity contribution in [2.45, 2.75) is 18.9 Å². The number of thiophene rings is 1. The molecule has 86 valence electrons. The maximum atomic E-state index is 11.7. The minimum Gasteiger partial charge on any atom is -0.478 e. The lowest BCUT2D eigenvalue weighted by Crippen LogP contribution is -2.27. The van der Waals surface area contributed by atoms with Crippen molar-refractivity contribution in [3.05, 3.63) is 17.0 Å². The zero-order valence-corrected chi connectivity index (χ0v) is 9.25. The number of carboxylic acids is 1. The number of carbonyl (C=O) groups excluding carboxylic acids is 1. The van der Waals surface area contributed by atoms with Crippen LogP contribution < -0.4 is 5.32 Å². The second-order valence-corrected chi connectivity index (χ2v) is 4.38. The van der Waals surface area contributed by atoms with Crippen LogP contribution in [0, 0.1) is 0 Å². The number of carboxylic acid groups (broad SMARTS) is 1. The molecule has 5 nitrogen and oxygen atoms in total. The third-order valence-corrected chi connectivity index (χ3v) is 3.18. The topological polar surface area (TPSA) is 75.6 Å². The fraction of sp³-hybridized carbons (Fsp3) is 0.400. The van der Waals surface area contributed by atoms with Gasteiger partial charge in [-0.3, -0.25) is 4.79 Å². The summed E-state index contributed by atoms with van der Waals surface area (Å²) < 4.78 is 5.21. The van der Waals surface area contributed by atoms with Crippen LogP contribution in [-0.4, -0.2) is 29.7 Å². The third kappa shape index (κ3) is 2.23. The Morgan fingerprint density at radius 3 is 3.00 bits per heavy atom. The zero-order valence-electron chi connectivity index (χ0n) is 8.43. The number of carbonyl (C=O) groups is 2. The van der Waals surface area contributed by atoms with E-state index < -0.39 is 12.1 Å². The molecule has 1 saturated heterocycles. The van der Waals surface area contributed by atoms with Crippen molar-refractivity contribution in [3.63, 3.8) is 0 Å². The number of amides is 1. The second kappa shape index (κ2) is 4.63. The third-order valence-electron chi connectivity index (χ3n) is 2.35. The summed E-state index contributed by atoms with van der Waals surface area (Å²) in [6, 6.07) is 1.47. The highest BCUT2D eigenvalue weighted by molar-refractivity contribution is 7.14. The molecule has 0 aromatic carbocycles. The molecular weight excluding hydrogens is 230 g/mol. The molecule has 1 amide bonds. The number of hydrogen-bond acceptors (Lipinski definition) is 4. The average molecular weight is 241 g/mol. The predicted octanol–water partition coefficient (Wildman–Crippen LogP) is 1.56. The van der Waals surface area contributed by atoms with E-state index in [-0.39, 0.29) is 11.5 Å². The van der Waals surface area contributed by atoms with Gasteiger partial charge >= 0.3 is 5.97 Å². The first-order chi connectivity index (χ1) is 7.68. The van der Waals surface area contributed by atoms with Crippen LogP contribution in [0.25, 0.3) is 0 Å². The molecule has 1 aliphatic heterocycles. The van der Waals surface area contributed by atoms with Crippen molar-refractivity contribution in [1.29, 1.82) is 0 Å². The molecule has 0 radical (unpaired) electrons. The van der Waals surface area contributed by atoms with Crippen molar-refractivity contribution in [2.75, 3.05) is 11.9 Å². The van der Waals surface area contributed by atoms with Crippen LogP contribution in [0.5, 0.6) is 0 Å². The smallest absolute Gasteiger partial charge is 0.338 e. The molecule has 0 saturated carbocycles. The molecular formula is C10H11NO4S. The van der Waals surface area contributed by atoms with E-state index >= 15 is 0 Å². The summed E-state index contributed by atoms with van der Waals surface area (Å²) in [5.74, 6) is -1.30. The normalized spacial score (nSPS) is 19.6. The Hall–Kier alpha value is -1.40. The van der Waals surface area contributed by atoms with E-state index in [1.54, 1.807) is 5.38 Å². The van der Waals surface area contributed by atoms with E-state index in [0.717, 1.165) is 6.42 Å². The standard InChI is InChI=1S/C10H11NO4S/c12-8(7-2-1-4-15-7)11-9-6(10(13)14)3-5-16-9/h3,5,7H,1-2,4H2,(H,11,12)(H,13,14)/t7-/m0/s1. The SMILES string of the molecule is O=C(O)c1ccsc1NC(=O)[C@@H]1CCCO1. The van der Waals surface area contributed by atoms with Gasteiger partial charge in [0.1, 0.15) is 11.1 Å². The first kappa shape index (κ1) is 11.1. The Morgan fingerprint density at radius 2 is 2.38 bits per heavy atom. The number of aromatic carboxylic acids is 1. The predicted molar refractivity (Wildman–Crippen MR) is 58.9 cm³/mol. The summed E-state index contributed by atoms with van der Waals surface area (Å²) in [6.45, 7) is 0.592. The second-order valence-electron chi connectivity index (χ2n) is 3.46. The van der Waals surface area contributed by atoms with E-state index in [4.69, 9.17) is 9.84 Å². The summed E-state index contributed by atoms with van der Waals surface area (Å²) in [6.07, 6.45) is 1.12. The van der Waals surface area contributed by atoms with Gasteiger partial charge in [0.25, 0.3) is 5.91 Å². The zero-order chi connectivity index (χ0) is 11.5. The molecule has 2 N–H and O–H groups in total. The summed E-state index contributed by atoms with van der Waals surface area (Å²) in [5, 5.41) is 13.4. The number of anilines is 1. The molecule has 16 heavy (non-hydrogen) atoms. The molecule has 0 spiro atoms. The monoisotopic (exact) mass is 241 g/mol. The van der Waals surface area contributed by atoms with E-state index in [2.05, 4.69) is 5.32 Å². The first-order valence-corrected chi connectivity index (χ1v) is 5.79. The summed E-state index contributed by atoms with van der Waals surface area (Å²) in [4.78, 5) is 22.5. The molecule has 0 unspecified atom stereocenters. The van der Waals surface area contributed by atoms with Crippen molar-refractivity contribution in [1.82, 2.24) is 0 Å². The van der Waals surface area contributed by atoms with Crippen molar-refractivity contribution in [3.8, 4) is 0 Å². The van der Waals surface area contributed by atoms with Crippen LogP contribution in [0.15, 0.2) is 11.4 Å². The van der Waals surface area contributed by atoms with Crippen LogP contribution >= 0.6 is 11.3 Å². The van der Waals surface area contributed by atoms with Crippen LogP contribution in [0.3, 0.4) is 0 Å². The van der Waals surface area contributed by atoms with Crippen LogP contribution in [-0.2, 0) is 9.53 Å². The summed E-state index contributed by atoms with van der Waals surface area (Å²) in [7, 11) is 0. The van der Waals surface area contributed by atoms with Crippen LogP contribution in [0.2, 0.25) is 0 Å². The number of hydrogen-bond donors (Lipinski definition) is 2. The molecule has 1 aromatic heterocycles. The van der Waals surface area contributed by atoms with Crippen molar-refractivity contribution < 1.29 is 19.4 Å². The molecule has 0 aliphatic carbocycles. The van der Waals surface area contributed by atoms with Gasteiger partial charge in [-0.15, -0.1) is 11.3 Å². The lowest BCUT2D eigenvalue weighted by atomic mass is 10.2. The first-order valence-electron chi connectivity index (χ1n) is 4.91. The molecule has 1 aromatic rings. The molecule has 6 heteroatoms. The maximum absolute atomic E-state index is 11.7. The number of rotatable bonds is 3. The van der Waals surface area contributed by atoms with E-state index in [0.29, 0.717) is 18.0 Å². The van der Waals surface area contributed by atoms with Crippen molar-refractivity contribution in [2.24, 2.45) is 0 Å². The minimum atomic E-state index is -1.04. The Bertz CT molecular complexity index is 409. The maximum Gasteiger partial charge on any atom is 0.338 e. The Balaban J connectivity index is 2.05. The minimum absolute atomic E-state index is 0.122. The van der Waals surface area contributed by atoms with Gasteiger partial charge in [-0.1, -0.05) is 0 Å². The van der Waals surface area contributed by atoms with E-state index in [1.165, 1.54) is 17.4 Å². The molecule has 0 bridgehead atoms. The van der Waals surface area contributed by atoms with E-state index in [1.807, 2.05) is 0 Å². The molecule has 2 rings (SSSR count). The fourth-order valence-corrected chi connectivity index (χ4v) is 2.33. The van der Waals surface area contributed by atoms with Gasteiger partial charge in [0.15, 0.2) is 0 Å². The highest BCUT2D eigenvalue weighted by Crippen LogP contribution is 2.24. The Labute approximate surface area is 96.0 Å². The van der Waals surface area contributed by atoms with Crippen LogP contribution in [0.4, 0.5) is 5.00 Å². The highest BCUT2D eigenvalue weighted by Gasteiger charge is 2.25. The Kier molecular flexibility index (Phi) is 3.21. The summed E-state index contributed by atoms with van der Waals surface area (Å²) >= 11 is 1.20. The van der Waals surface area contributed by atoms with Gasteiger partial charge in [0.2, 0.25) is 0 Å². The molecule has 1 aliphatic rings. The molecule has 1 atom stereocenters. The van der Waals surface area contributed by atoms with Gasteiger partial charge in [-0.05, 0) is 24.3 Å².